The van der Waals surface area contributed by atoms with E-state index in [1.165, 1.54) is 38.1 Å². The highest BCUT2D eigenvalue weighted by Crippen LogP contribution is 2.14. The van der Waals surface area contributed by atoms with Crippen molar-refractivity contribution in [3.63, 3.8) is 0 Å². The molecular weight excluding hydrogens is 434 g/mol. The highest BCUT2D eigenvalue weighted by molar-refractivity contribution is 7.89. The molecule has 0 bridgehead atoms. The minimum Gasteiger partial charge on any atom is -0.453 e. The zero-order chi connectivity index (χ0) is 23.7. The van der Waals surface area contributed by atoms with E-state index in [0.29, 0.717) is 5.69 Å². The predicted molar refractivity (Wildman–Crippen MR) is 119 cm³/mol. The van der Waals surface area contributed by atoms with Crippen LogP contribution in [-0.4, -0.2) is 38.9 Å². The van der Waals surface area contributed by atoms with Gasteiger partial charge in [-0.05, 0) is 43.7 Å². The number of ether oxygens (including phenoxy) is 1. The van der Waals surface area contributed by atoms with Crippen LogP contribution in [0.3, 0.4) is 0 Å². The Hall–Kier alpha value is -3.24. The lowest BCUT2D eigenvalue weighted by molar-refractivity contribution is -0.154. The van der Waals surface area contributed by atoms with E-state index in [1.54, 1.807) is 0 Å². The van der Waals surface area contributed by atoms with Crippen molar-refractivity contribution >= 4 is 33.5 Å². The summed E-state index contributed by atoms with van der Waals surface area (Å²) in [5.41, 5.74) is 1.38. The third-order valence-electron chi connectivity index (χ3n) is 4.44. The molecule has 0 aliphatic carbocycles. The van der Waals surface area contributed by atoms with Gasteiger partial charge < -0.3 is 15.4 Å². The number of carbonyl (C=O) groups excluding carboxylic acids is 3. The smallest absolute Gasteiger partial charge is 0.307 e. The van der Waals surface area contributed by atoms with Gasteiger partial charge in [0.05, 0.1) is 17.4 Å². The van der Waals surface area contributed by atoms with Crippen molar-refractivity contribution < 1.29 is 27.5 Å². The lowest BCUT2D eigenvalue weighted by atomic mass is 10.1. The van der Waals surface area contributed by atoms with Gasteiger partial charge in [-0.15, -0.1) is 0 Å². The molecule has 0 aliphatic heterocycles. The van der Waals surface area contributed by atoms with Crippen LogP contribution in [0.4, 0.5) is 5.69 Å². The molecule has 0 heterocycles. The number of hydrogen-bond donors (Lipinski definition) is 3. The molecule has 0 spiro atoms. The van der Waals surface area contributed by atoms with Crippen molar-refractivity contribution in [2.75, 3.05) is 11.9 Å². The van der Waals surface area contributed by atoms with E-state index in [4.69, 9.17) is 4.74 Å². The molecular formula is C22H27N3O6S. The van der Waals surface area contributed by atoms with Crippen LogP contribution in [0.25, 0.3) is 0 Å². The molecule has 0 radical (unpaired) electrons. The highest BCUT2D eigenvalue weighted by atomic mass is 32.2. The zero-order valence-corrected chi connectivity index (χ0v) is 18.9. The van der Waals surface area contributed by atoms with E-state index in [-0.39, 0.29) is 29.8 Å². The maximum Gasteiger partial charge on any atom is 0.307 e. The minimum atomic E-state index is -3.84. The first-order valence-electron chi connectivity index (χ1n) is 10.0. The van der Waals surface area contributed by atoms with Gasteiger partial charge in [-0.25, -0.2) is 13.1 Å². The summed E-state index contributed by atoms with van der Waals surface area (Å²) in [7, 11) is -3.84. The average Bonchev–Trinajstić information content (AvgIpc) is 2.74. The molecule has 2 aromatic carbocycles. The molecule has 9 nitrogen and oxygen atoms in total. The molecule has 0 saturated carbocycles. The van der Waals surface area contributed by atoms with E-state index in [9.17, 15) is 22.8 Å². The van der Waals surface area contributed by atoms with E-state index in [2.05, 4.69) is 15.4 Å². The summed E-state index contributed by atoms with van der Waals surface area (Å²) in [6.45, 7) is 4.42. The van der Waals surface area contributed by atoms with Crippen molar-refractivity contribution in [2.24, 2.45) is 0 Å². The van der Waals surface area contributed by atoms with Gasteiger partial charge >= 0.3 is 5.97 Å². The molecule has 0 aliphatic rings. The van der Waals surface area contributed by atoms with Crippen molar-refractivity contribution in [2.45, 2.75) is 44.2 Å². The molecule has 3 N–H and O–H groups in total. The van der Waals surface area contributed by atoms with Gasteiger partial charge in [-0.2, -0.15) is 0 Å². The molecule has 0 saturated heterocycles. The monoisotopic (exact) mass is 461 g/mol. The van der Waals surface area contributed by atoms with E-state index in [1.807, 2.05) is 37.3 Å². The Bertz CT molecular complexity index is 1040. The second kappa shape index (κ2) is 11.4. The third-order valence-corrected chi connectivity index (χ3v) is 5.92. The number of esters is 1. The van der Waals surface area contributed by atoms with Crippen LogP contribution in [0, 0.1) is 0 Å². The summed E-state index contributed by atoms with van der Waals surface area (Å²) in [4.78, 5) is 35.3. The maximum absolute atomic E-state index is 12.3. The number of rotatable bonds is 10. The highest BCUT2D eigenvalue weighted by Gasteiger charge is 2.21. The van der Waals surface area contributed by atoms with Gasteiger partial charge in [-0.1, -0.05) is 30.3 Å². The molecule has 2 unspecified atom stereocenters. The quantitative estimate of drug-likeness (QED) is 0.465. The fourth-order valence-electron chi connectivity index (χ4n) is 2.76. The Labute approximate surface area is 187 Å². The number of benzene rings is 2. The van der Waals surface area contributed by atoms with Crippen molar-refractivity contribution in [1.82, 2.24) is 10.0 Å². The van der Waals surface area contributed by atoms with Gasteiger partial charge in [0, 0.05) is 19.2 Å². The van der Waals surface area contributed by atoms with E-state index >= 15 is 0 Å². The normalized spacial score (nSPS) is 13.0. The van der Waals surface area contributed by atoms with Crippen molar-refractivity contribution in [3.05, 3.63) is 60.2 Å². The molecule has 2 rings (SSSR count). The van der Waals surface area contributed by atoms with Crippen LogP contribution in [0.2, 0.25) is 0 Å². The van der Waals surface area contributed by atoms with Gasteiger partial charge in [0.1, 0.15) is 0 Å². The summed E-state index contributed by atoms with van der Waals surface area (Å²) >= 11 is 0. The topological polar surface area (TPSA) is 131 Å². The average molecular weight is 462 g/mol. The van der Waals surface area contributed by atoms with Crippen LogP contribution in [0.15, 0.2) is 59.5 Å². The fraction of sp³-hybridized carbons (Fsp3) is 0.318. The van der Waals surface area contributed by atoms with Crippen molar-refractivity contribution in [3.8, 4) is 0 Å². The molecule has 10 heteroatoms. The van der Waals surface area contributed by atoms with Crippen LogP contribution in [0.5, 0.6) is 0 Å². The molecule has 32 heavy (non-hydrogen) atoms. The number of carbonyl (C=O) groups is 3. The number of amides is 2. The number of hydrogen-bond acceptors (Lipinski definition) is 6. The lowest BCUT2D eigenvalue weighted by Crippen LogP contribution is -2.37. The second-order valence-electron chi connectivity index (χ2n) is 7.13. The first-order valence-corrected chi connectivity index (χ1v) is 11.5. The van der Waals surface area contributed by atoms with E-state index in [0.717, 1.165) is 5.56 Å². The summed E-state index contributed by atoms with van der Waals surface area (Å²) in [6, 6.07) is 14.7. The van der Waals surface area contributed by atoms with Gasteiger partial charge in [-0.3, -0.25) is 14.4 Å². The molecule has 0 fully saturated rings. The van der Waals surface area contributed by atoms with Gasteiger partial charge in [0.2, 0.25) is 15.9 Å². The van der Waals surface area contributed by atoms with Crippen LogP contribution in [-0.2, 0) is 29.1 Å². The largest absolute Gasteiger partial charge is 0.453 e. The Balaban J connectivity index is 1.79. The van der Waals surface area contributed by atoms with E-state index < -0.39 is 28.0 Å². The summed E-state index contributed by atoms with van der Waals surface area (Å²) in [5.74, 6) is -1.42. The number of sulfonamides is 1. The Morgan fingerprint density at radius 2 is 1.59 bits per heavy atom. The Kier molecular flexibility index (Phi) is 8.91. The van der Waals surface area contributed by atoms with Crippen LogP contribution >= 0.6 is 0 Å². The van der Waals surface area contributed by atoms with Gasteiger partial charge in [0.25, 0.3) is 5.91 Å². The Morgan fingerprint density at radius 3 is 2.19 bits per heavy atom. The fourth-order valence-corrected chi connectivity index (χ4v) is 3.79. The number of nitrogens with one attached hydrogen (secondary N) is 3. The summed E-state index contributed by atoms with van der Waals surface area (Å²) in [6.07, 6.45) is -1.26. The first-order chi connectivity index (χ1) is 15.1. The predicted octanol–water partition coefficient (Wildman–Crippen LogP) is 2.12. The zero-order valence-electron chi connectivity index (χ0n) is 18.1. The molecule has 0 aromatic heterocycles. The molecule has 2 aromatic rings. The number of anilines is 1. The summed E-state index contributed by atoms with van der Waals surface area (Å²) in [5, 5.41) is 5.31. The lowest BCUT2D eigenvalue weighted by Gasteiger charge is -2.18. The van der Waals surface area contributed by atoms with Crippen LogP contribution in [0.1, 0.15) is 38.8 Å². The maximum atomic E-state index is 12.3. The van der Waals surface area contributed by atoms with Crippen LogP contribution < -0.4 is 15.4 Å². The Morgan fingerprint density at radius 1 is 0.969 bits per heavy atom. The second-order valence-corrected chi connectivity index (χ2v) is 8.89. The van der Waals surface area contributed by atoms with Crippen molar-refractivity contribution in [1.29, 1.82) is 0 Å². The first kappa shape index (κ1) is 25.0. The molecule has 2 atom stereocenters. The molecule has 2 amide bonds. The standard InChI is InChI=1S/C22H27N3O6S/c1-15(18-7-5-4-6-8-18)24-22(28)16(2)31-21(27)13-14-23-32(29,30)20-11-9-19(10-12-20)25-17(3)26/h4-12,15-16,23H,13-14H2,1-3H3,(H,24,28)(H,25,26). The molecule has 172 valence electrons. The summed E-state index contributed by atoms with van der Waals surface area (Å²) < 4.78 is 32.0. The SMILES string of the molecule is CC(=O)Nc1ccc(S(=O)(=O)NCCC(=O)OC(C)C(=O)NC(C)c2ccccc2)cc1. The van der Waals surface area contributed by atoms with Gasteiger partial charge in [0.15, 0.2) is 6.10 Å². The third kappa shape index (κ3) is 7.78. The minimum absolute atomic E-state index is 0.0115.